The minimum atomic E-state index is -0.199. The Hall–Kier alpha value is -1.84. The molecule has 132 valence electrons. The van der Waals surface area contributed by atoms with Crippen LogP contribution in [0.4, 0.5) is 5.69 Å². The van der Waals surface area contributed by atoms with Crippen LogP contribution < -0.4 is 10.6 Å². The lowest BCUT2D eigenvalue weighted by molar-refractivity contribution is -0.129. The van der Waals surface area contributed by atoms with Gasteiger partial charge >= 0.3 is 0 Å². The fourth-order valence-corrected chi connectivity index (χ4v) is 3.27. The molecular weight excluding hydrogens is 300 g/mol. The fourth-order valence-electron chi connectivity index (χ4n) is 3.27. The standard InChI is InChI=1S/C20H30N2O2/c1-5-14-8-6-7-9-17(14)21-18(23)15-10-12-16(13-11-15)19(24)22-20(2,3)4/h6-9,15-16H,5,10-13H2,1-4H3,(H,21,23)(H,22,24). The molecule has 0 aromatic heterocycles. The Kier molecular flexibility index (Phi) is 6.03. The van der Waals surface area contributed by atoms with Gasteiger partial charge in [-0.1, -0.05) is 25.1 Å². The van der Waals surface area contributed by atoms with Crippen LogP contribution in [0.3, 0.4) is 0 Å². The highest BCUT2D eigenvalue weighted by molar-refractivity contribution is 5.93. The maximum Gasteiger partial charge on any atom is 0.227 e. The molecule has 2 rings (SSSR count). The van der Waals surface area contributed by atoms with Crippen LogP contribution in [0, 0.1) is 11.8 Å². The molecule has 0 atom stereocenters. The molecule has 4 nitrogen and oxygen atoms in total. The molecule has 0 spiro atoms. The first kappa shape index (κ1) is 18.5. The minimum absolute atomic E-state index is 0.00796. The van der Waals surface area contributed by atoms with Gasteiger partial charge in [-0.25, -0.2) is 0 Å². The quantitative estimate of drug-likeness (QED) is 0.879. The Labute approximate surface area is 145 Å². The van der Waals surface area contributed by atoms with Crippen LogP contribution in [0.15, 0.2) is 24.3 Å². The molecule has 24 heavy (non-hydrogen) atoms. The van der Waals surface area contributed by atoms with Crippen LogP contribution in [-0.4, -0.2) is 17.4 Å². The van der Waals surface area contributed by atoms with Crippen LogP contribution in [0.2, 0.25) is 0 Å². The lowest BCUT2D eigenvalue weighted by Gasteiger charge is -2.30. The Morgan fingerprint density at radius 1 is 1.00 bits per heavy atom. The number of carbonyl (C=O) groups excluding carboxylic acids is 2. The Morgan fingerprint density at radius 3 is 2.08 bits per heavy atom. The van der Waals surface area contributed by atoms with Crippen molar-refractivity contribution in [1.82, 2.24) is 5.32 Å². The molecule has 0 unspecified atom stereocenters. The molecule has 2 N–H and O–H groups in total. The van der Waals surface area contributed by atoms with Crippen molar-refractivity contribution in [1.29, 1.82) is 0 Å². The van der Waals surface area contributed by atoms with Crippen LogP contribution in [0.25, 0.3) is 0 Å². The summed E-state index contributed by atoms with van der Waals surface area (Å²) in [4.78, 5) is 24.8. The molecular formula is C20H30N2O2. The average molecular weight is 330 g/mol. The Bertz CT molecular complexity index is 582. The molecule has 0 aliphatic heterocycles. The van der Waals surface area contributed by atoms with Crippen molar-refractivity contribution in [2.75, 3.05) is 5.32 Å². The normalized spacial score (nSPS) is 21.2. The molecule has 0 radical (unpaired) electrons. The zero-order chi connectivity index (χ0) is 17.7. The van der Waals surface area contributed by atoms with Gasteiger partial charge < -0.3 is 10.6 Å². The number of benzene rings is 1. The van der Waals surface area contributed by atoms with Gasteiger partial charge in [-0.3, -0.25) is 9.59 Å². The summed E-state index contributed by atoms with van der Waals surface area (Å²) in [6, 6.07) is 7.94. The first-order valence-electron chi connectivity index (χ1n) is 9.01. The van der Waals surface area contributed by atoms with E-state index in [9.17, 15) is 9.59 Å². The Balaban J connectivity index is 1.88. The molecule has 1 saturated carbocycles. The van der Waals surface area contributed by atoms with Gasteiger partial charge in [0.25, 0.3) is 0 Å². The number of hydrogen-bond acceptors (Lipinski definition) is 2. The second-order valence-corrected chi connectivity index (χ2v) is 7.79. The SMILES string of the molecule is CCc1ccccc1NC(=O)C1CCC(C(=O)NC(C)(C)C)CC1. The zero-order valence-corrected chi connectivity index (χ0v) is 15.3. The van der Waals surface area contributed by atoms with Crippen LogP contribution in [-0.2, 0) is 16.0 Å². The van der Waals surface area contributed by atoms with Crippen LogP contribution >= 0.6 is 0 Å². The van der Waals surface area contributed by atoms with Crippen molar-refractivity contribution in [2.45, 2.75) is 65.3 Å². The van der Waals surface area contributed by atoms with Crippen molar-refractivity contribution >= 4 is 17.5 Å². The first-order valence-corrected chi connectivity index (χ1v) is 9.01. The zero-order valence-electron chi connectivity index (χ0n) is 15.3. The van der Waals surface area contributed by atoms with E-state index in [4.69, 9.17) is 0 Å². The number of hydrogen-bond donors (Lipinski definition) is 2. The molecule has 0 saturated heterocycles. The van der Waals surface area contributed by atoms with Gasteiger partial charge in [-0.2, -0.15) is 0 Å². The first-order chi connectivity index (χ1) is 11.3. The predicted octanol–water partition coefficient (Wildman–Crippen LogP) is 3.91. The highest BCUT2D eigenvalue weighted by Crippen LogP contribution is 2.30. The van der Waals surface area contributed by atoms with Crippen LogP contribution in [0.1, 0.15) is 58.9 Å². The highest BCUT2D eigenvalue weighted by Gasteiger charge is 2.31. The van der Waals surface area contributed by atoms with Gasteiger partial charge in [0, 0.05) is 23.1 Å². The molecule has 1 aromatic carbocycles. The largest absolute Gasteiger partial charge is 0.351 e. The maximum absolute atomic E-state index is 12.5. The lowest BCUT2D eigenvalue weighted by Crippen LogP contribution is -2.45. The summed E-state index contributed by atoms with van der Waals surface area (Å²) in [5.74, 6) is 0.257. The third-order valence-corrected chi connectivity index (χ3v) is 4.62. The molecule has 0 heterocycles. The van der Waals surface area contributed by atoms with E-state index < -0.39 is 0 Å². The number of nitrogens with one attached hydrogen (secondary N) is 2. The third-order valence-electron chi connectivity index (χ3n) is 4.62. The van der Waals surface area contributed by atoms with Crippen molar-refractivity contribution in [3.63, 3.8) is 0 Å². The van der Waals surface area contributed by atoms with Gasteiger partial charge in [0.15, 0.2) is 0 Å². The van der Waals surface area contributed by atoms with Gasteiger partial charge in [-0.15, -0.1) is 0 Å². The fraction of sp³-hybridized carbons (Fsp3) is 0.600. The van der Waals surface area contributed by atoms with E-state index in [2.05, 4.69) is 17.6 Å². The van der Waals surface area contributed by atoms with Crippen molar-refractivity contribution < 1.29 is 9.59 Å². The van der Waals surface area contributed by atoms with E-state index in [1.165, 1.54) is 0 Å². The van der Waals surface area contributed by atoms with Gasteiger partial charge in [0.2, 0.25) is 11.8 Å². The monoisotopic (exact) mass is 330 g/mol. The molecule has 1 fully saturated rings. The topological polar surface area (TPSA) is 58.2 Å². The van der Waals surface area contributed by atoms with Crippen molar-refractivity contribution in [3.05, 3.63) is 29.8 Å². The summed E-state index contributed by atoms with van der Waals surface area (Å²) in [6.45, 7) is 8.07. The minimum Gasteiger partial charge on any atom is -0.351 e. The van der Waals surface area contributed by atoms with Crippen molar-refractivity contribution in [2.24, 2.45) is 11.8 Å². The maximum atomic E-state index is 12.5. The molecule has 1 aliphatic rings. The summed E-state index contributed by atoms with van der Waals surface area (Å²) in [5, 5.41) is 6.12. The predicted molar refractivity (Wildman–Crippen MR) is 97.8 cm³/mol. The Morgan fingerprint density at radius 2 is 1.54 bits per heavy atom. The van der Waals surface area contributed by atoms with E-state index in [1.54, 1.807) is 0 Å². The summed E-state index contributed by atoms with van der Waals surface area (Å²) in [5.41, 5.74) is 1.87. The van der Waals surface area contributed by atoms with Gasteiger partial charge in [0.1, 0.15) is 0 Å². The number of aryl methyl sites for hydroxylation is 1. The number of carbonyl (C=O) groups is 2. The van der Waals surface area contributed by atoms with Crippen molar-refractivity contribution in [3.8, 4) is 0 Å². The molecule has 4 heteroatoms. The van der Waals surface area contributed by atoms with E-state index >= 15 is 0 Å². The molecule has 0 bridgehead atoms. The van der Waals surface area contributed by atoms with E-state index in [0.29, 0.717) is 0 Å². The molecule has 1 aliphatic carbocycles. The van der Waals surface area contributed by atoms with E-state index in [-0.39, 0.29) is 29.2 Å². The number of rotatable bonds is 4. The summed E-state index contributed by atoms with van der Waals surface area (Å²) in [6.07, 6.45) is 4.03. The number of anilines is 1. The van der Waals surface area contributed by atoms with E-state index in [0.717, 1.165) is 43.4 Å². The third kappa shape index (κ3) is 5.08. The summed E-state index contributed by atoms with van der Waals surface area (Å²) in [7, 11) is 0. The van der Waals surface area contributed by atoms with Gasteiger partial charge in [0.05, 0.1) is 0 Å². The second kappa shape index (κ2) is 7.82. The van der Waals surface area contributed by atoms with E-state index in [1.807, 2.05) is 45.0 Å². The average Bonchev–Trinajstić information content (AvgIpc) is 2.54. The second-order valence-electron chi connectivity index (χ2n) is 7.79. The summed E-state index contributed by atoms with van der Waals surface area (Å²) >= 11 is 0. The number of para-hydroxylation sites is 1. The summed E-state index contributed by atoms with van der Waals surface area (Å²) < 4.78 is 0. The highest BCUT2D eigenvalue weighted by atomic mass is 16.2. The van der Waals surface area contributed by atoms with Crippen LogP contribution in [0.5, 0.6) is 0 Å². The molecule has 1 aromatic rings. The lowest BCUT2D eigenvalue weighted by atomic mass is 9.80. The smallest absolute Gasteiger partial charge is 0.227 e. The van der Waals surface area contributed by atoms with Gasteiger partial charge in [-0.05, 0) is 64.5 Å². The number of amides is 2. The molecule has 2 amide bonds.